The van der Waals surface area contributed by atoms with E-state index in [1.807, 2.05) is 50.2 Å². The maximum absolute atomic E-state index is 12.7. The van der Waals surface area contributed by atoms with E-state index in [4.69, 9.17) is 14.2 Å². The van der Waals surface area contributed by atoms with Crippen molar-refractivity contribution in [2.75, 3.05) is 25.1 Å². The highest BCUT2D eigenvalue weighted by Crippen LogP contribution is 2.29. The molecule has 0 aliphatic heterocycles. The number of ether oxygens (including phenoxy) is 3. The number of amides is 2. The monoisotopic (exact) mass is 490 g/mol. The first-order valence-electron chi connectivity index (χ1n) is 11.8. The number of hydrogen-bond acceptors (Lipinski definition) is 6. The van der Waals surface area contributed by atoms with Crippen LogP contribution in [0.5, 0.6) is 11.5 Å². The topological polar surface area (TPSA) is 103 Å². The van der Waals surface area contributed by atoms with Crippen LogP contribution in [0, 0.1) is 0 Å². The summed E-state index contributed by atoms with van der Waals surface area (Å²) in [7, 11) is 0. The van der Waals surface area contributed by atoms with Gasteiger partial charge in [0.15, 0.2) is 6.61 Å². The van der Waals surface area contributed by atoms with Crippen LogP contribution in [-0.4, -0.2) is 37.6 Å². The SMILES string of the molecule is CCOc1ccc(OCC)c(NC(=O)COC(=O)CC(NC(=O)c2ccccc2)c2ccccc2)c1. The summed E-state index contributed by atoms with van der Waals surface area (Å²) in [4.78, 5) is 37.8. The van der Waals surface area contributed by atoms with E-state index in [0.29, 0.717) is 36.0 Å². The van der Waals surface area contributed by atoms with Crippen molar-refractivity contribution >= 4 is 23.5 Å². The van der Waals surface area contributed by atoms with Crippen LogP contribution < -0.4 is 20.1 Å². The van der Waals surface area contributed by atoms with E-state index >= 15 is 0 Å². The summed E-state index contributed by atoms with van der Waals surface area (Å²) in [5, 5.41) is 5.57. The highest BCUT2D eigenvalue weighted by Gasteiger charge is 2.21. The van der Waals surface area contributed by atoms with Gasteiger partial charge in [0, 0.05) is 11.6 Å². The van der Waals surface area contributed by atoms with Crippen molar-refractivity contribution in [1.82, 2.24) is 5.32 Å². The Labute approximate surface area is 210 Å². The zero-order valence-corrected chi connectivity index (χ0v) is 20.4. The average molecular weight is 491 g/mol. The first-order valence-corrected chi connectivity index (χ1v) is 11.8. The summed E-state index contributed by atoms with van der Waals surface area (Å²) < 4.78 is 16.3. The molecule has 0 fully saturated rings. The molecule has 0 aliphatic rings. The molecule has 2 amide bonds. The molecular formula is C28H30N2O6. The van der Waals surface area contributed by atoms with Crippen LogP contribution in [0.15, 0.2) is 78.9 Å². The fourth-order valence-corrected chi connectivity index (χ4v) is 3.47. The quantitative estimate of drug-likeness (QED) is 0.362. The average Bonchev–Trinajstić information content (AvgIpc) is 2.90. The van der Waals surface area contributed by atoms with E-state index in [9.17, 15) is 14.4 Å². The number of anilines is 1. The Balaban J connectivity index is 1.61. The third-order valence-corrected chi connectivity index (χ3v) is 5.11. The van der Waals surface area contributed by atoms with Crippen molar-refractivity contribution < 1.29 is 28.6 Å². The van der Waals surface area contributed by atoms with Gasteiger partial charge >= 0.3 is 5.97 Å². The third kappa shape index (κ3) is 7.87. The standard InChI is InChI=1S/C28H30N2O6/c1-3-34-22-15-16-25(35-4-2)24(17-22)29-26(31)19-36-27(32)18-23(20-11-7-5-8-12-20)30-28(33)21-13-9-6-10-14-21/h5-17,23H,3-4,18-19H2,1-2H3,(H,29,31)(H,30,33). The molecule has 3 aromatic rings. The van der Waals surface area contributed by atoms with Crippen molar-refractivity contribution in [3.8, 4) is 11.5 Å². The maximum atomic E-state index is 12.7. The minimum atomic E-state index is -0.625. The van der Waals surface area contributed by atoms with Gasteiger partial charge in [-0.15, -0.1) is 0 Å². The van der Waals surface area contributed by atoms with Gasteiger partial charge in [-0.3, -0.25) is 14.4 Å². The van der Waals surface area contributed by atoms with Crippen LogP contribution in [0.2, 0.25) is 0 Å². The van der Waals surface area contributed by atoms with Gasteiger partial charge in [0.05, 0.1) is 31.4 Å². The number of carbonyl (C=O) groups excluding carboxylic acids is 3. The molecule has 8 nitrogen and oxygen atoms in total. The molecule has 0 spiro atoms. The highest BCUT2D eigenvalue weighted by atomic mass is 16.5. The van der Waals surface area contributed by atoms with E-state index in [2.05, 4.69) is 10.6 Å². The number of hydrogen-bond donors (Lipinski definition) is 2. The Bertz CT molecular complexity index is 1150. The van der Waals surface area contributed by atoms with Crippen molar-refractivity contribution in [2.45, 2.75) is 26.3 Å². The second-order valence-corrected chi connectivity index (χ2v) is 7.74. The smallest absolute Gasteiger partial charge is 0.308 e. The molecule has 0 aliphatic carbocycles. The van der Waals surface area contributed by atoms with E-state index in [0.717, 1.165) is 5.56 Å². The van der Waals surface area contributed by atoms with Crippen molar-refractivity contribution in [3.05, 3.63) is 90.0 Å². The third-order valence-electron chi connectivity index (χ3n) is 5.11. The largest absolute Gasteiger partial charge is 0.494 e. The van der Waals surface area contributed by atoms with E-state index < -0.39 is 24.5 Å². The van der Waals surface area contributed by atoms with E-state index in [1.54, 1.807) is 42.5 Å². The van der Waals surface area contributed by atoms with E-state index in [1.165, 1.54) is 0 Å². The van der Waals surface area contributed by atoms with Gasteiger partial charge in [-0.1, -0.05) is 48.5 Å². The van der Waals surface area contributed by atoms with Crippen LogP contribution in [0.1, 0.15) is 42.2 Å². The summed E-state index contributed by atoms with van der Waals surface area (Å²) in [6, 6.07) is 22.3. The van der Waals surface area contributed by atoms with Crippen LogP contribution >= 0.6 is 0 Å². The molecule has 0 bridgehead atoms. The zero-order valence-electron chi connectivity index (χ0n) is 20.4. The Morgan fingerprint density at radius 3 is 2.17 bits per heavy atom. The zero-order chi connectivity index (χ0) is 25.8. The van der Waals surface area contributed by atoms with Crippen molar-refractivity contribution in [1.29, 1.82) is 0 Å². The molecule has 8 heteroatoms. The Hall–Kier alpha value is -4.33. The first-order chi connectivity index (χ1) is 17.5. The van der Waals surface area contributed by atoms with Gasteiger partial charge in [0.2, 0.25) is 0 Å². The van der Waals surface area contributed by atoms with Crippen LogP contribution in [0.3, 0.4) is 0 Å². The van der Waals surface area contributed by atoms with Gasteiger partial charge in [-0.25, -0.2) is 0 Å². The minimum absolute atomic E-state index is 0.139. The Kier molecular flexibility index (Phi) is 9.88. The first kappa shape index (κ1) is 26.3. The van der Waals surface area contributed by atoms with Crippen molar-refractivity contribution in [2.24, 2.45) is 0 Å². The number of benzene rings is 3. The number of rotatable bonds is 12. The Morgan fingerprint density at radius 1 is 0.833 bits per heavy atom. The molecule has 2 N–H and O–H groups in total. The summed E-state index contributed by atoms with van der Waals surface area (Å²) in [6.07, 6.45) is -0.139. The molecular weight excluding hydrogens is 460 g/mol. The van der Waals surface area contributed by atoms with Gasteiger partial charge < -0.3 is 24.8 Å². The van der Waals surface area contributed by atoms with Gasteiger partial charge in [0.25, 0.3) is 11.8 Å². The number of carbonyl (C=O) groups is 3. The van der Waals surface area contributed by atoms with Crippen LogP contribution in [0.4, 0.5) is 5.69 Å². The predicted octanol–water partition coefficient (Wildman–Crippen LogP) is 4.53. The molecule has 188 valence electrons. The van der Waals surface area contributed by atoms with Gasteiger partial charge in [-0.2, -0.15) is 0 Å². The maximum Gasteiger partial charge on any atom is 0.308 e. The number of nitrogens with one attached hydrogen (secondary N) is 2. The fraction of sp³-hybridized carbons (Fsp3) is 0.250. The molecule has 1 atom stereocenters. The lowest BCUT2D eigenvalue weighted by molar-refractivity contribution is -0.147. The second kappa shape index (κ2) is 13.5. The van der Waals surface area contributed by atoms with Gasteiger partial charge in [0.1, 0.15) is 11.5 Å². The van der Waals surface area contributed by atoms with Crippen molar-refractivity contribution in [3.63, 3.8) is 0 Å². The molecule has 36 heavy (non-hydrogen) atoms. The molecule has 3 aromatic carbocycles. The normalized spacial score (nSPS) is 11.2. The number of esters is 1. The summed E-state index contributed by atoms with van der Waals surface area (Å²) in [5.41, 5.74) is 1.64. The van der Waals surface area contributed by atoms with Crippen LogP contribution in [-0.2, 0) is 14.3 Å². The second-order valence-electron chi connectivity index (χ2n) is 7.74. The fourth-order valence-electron chi connectivity index (χ4n) is 3.47. The lowest BCUT2D eigenvalue weighted by Gasteiger charge is -2.19. The molecule has 0 saturated carbocycles. The Morgan fingerprint density at radius 2 is 1.50 bits per heavy atom. The van der Waals surface area contributed by atoms with Gasteiger partial charge in [-0.05, 0) is 43.7 Å². The molecule has 0 saturated heterocycles. The molecule has 3 rings (SSSR count). The summed E-state index contributed by atoms with van der Waals surface area (Å²) in [6.45, 7) is 4.10. The summed E-state index contributed by atoms with van der Waals surface area (Å²) >= 11 is 0. The molecule has 0 heterocycles. The lowest BCUT2D eigenvalue weighted by Crippen LogP contribution is -2.31. The van der Waals surface area contributed by atoms with E-state index in [-0.39, 0.29) is 12.3 Å². The summed E-state index contributed by atoms with van der Waals surface area (Å²) in [5.74, 6) is -0.405. The van der Waals surface area contributed by atoms with Crippen LogP contribution in [0.25, 0.3) is 0 Å². The lowest BCUT2D eigenvalue weighted by atomic mass is 10.0. The predicted molar refractivity (Wildman–Crippen MR) is 136 cm³/mol. The molecule has 1 unspecified atom stereocenters. The molecule has 0 aromatic heterocycles. The minimum Gasteiger partial charge on any atom is -0.494 e. The highest BCUT2D eigenvalue weighted by molar-refractivity contribution is 5.95. The molecule has 0 radical (unpaired) electrons.